The van der Waals surface area contributed by atoms with Crippen molar-refractivity contribution in [2.45, 2.75) is 25.2 Å². The second kappa shape index (κ2) is 4.06. The Hall–Kier alpha value is -1.89. The average Bonchev–Trinajstić information content (AvgIpc) is 2.46. The first-order valence-electron chi connectivity index (χ1n) is 7.07. The number of carbonyl (C=O) groups is 1. The van der Waals surface area contributed by atoms with Gasteiger partial charge in [-0.1, -0.05) is 48.6 Å². The summed E-state index contributed by atoms with van der Waals surface area (Å²) in [7, 11) is 0. The Morgan fingerprint density at radius 3 is 2.89 bits per heavy atom. The van der Waals surface area contributed by atoms with Gasteiger partial charge in [0.1, 0.15) is 5.78 Å². The normalized spacial score (nSPS) is 25.2. The maximum atomic E-state index is 12.3. The fourth-order valence-corrected chi connectivity index (χ4v) is 3.67. The topological polar surface area (TPSA) is 17.1 Å². The first-order valence-corrected chi connectivity index (χ1v) is 7.07. The lowest BCUT2D eigenvalue weighted by molar-refractivity contribution is -0.122. The second-order valence-corrected chi connectivity index (χ2v) is 5.65. The molecule has 2 atom stereocenters. The van der Waals surface area contributed by atoms with Gasteiger partial charge in [0.15, 0.2) is 0 Å². The number of ketones is 1. The van der Waals surface area contributed by atoms with E-state index in [1.165, 1.54) is 21.9 Å². The van der Waals surface area contributed by atoms with Crippen LogP contribution in [0.5, 0.6) is 0 Å². The van der Waals surface area contributed by atoms with E-state index in [4.69, 9.17) is 0 Å². The molecule has 2 unspecified atom stereocenters. The Bertz CT molecular complexity index is 696. The molecule has 1 fully saturated rings. The molecule has 4 rings (SSSR count). The number of fused-ring (bicyclic) bond motifs is 5. The number of hydrogen-bond acceptors (Lipinski definition) is 1. The molecule has 1 heteroatoms. The minimum absolute atomic E-state index is 0.110. The molecule has 0 aliphatic heterocycles. The van der Waals surface area contributed by atoms with Crippen LogP contribution in [0.15, 0.2) is 42.5 Å². The van der Waals surface area contributed by atoms with Crippen LogP contribution in [0.3, 0.4) is 0 Å². The predicted molar refractivity (Wildman–Crippen MR) is 78.1 cm³/mol. The van der Waals surface area contributed by atoms with Crippen molar-refractivity contribution >= 4 is 22.6 Å². The van der Waals surface area contributed by atoms with Crippen molar-refractivity contribution in [2.24, 2.45) is 5.92 Å². The molecule has 2 aromatic carbocycles. The standard InChI is InChI=1S/C18H16O/c19-17-7-3-5-13-9-10-15-14-6-2-1-4-12(14)8-11-16(15)18(13)17/h1-2,4,6,8-11,13,18H,3,5,7H2. The highest BCUT2D eigenvalue weighted by atomic mass is 16.1. The quantitative estimate of drug-likeness (QED) is 0.678. The van der Waals surface area contributed by atoms with Gasteiger partial charge in [0.2, 0.25) is 0 Å². The van der Waals surface area contributed by atoms with Gasteiger partial charge in [-0.3, -0.25) is 4.79 Å². The van der Waals surface area contributed by atoms with Crippen LogP contribution in [0.2, 0.25) is 0 Å². The molecule has 0 heterocycles. The van der Waals surface area contributed by atoms with Gasteiger partial charge in [0, 0.05) is 12.3 Å². The Morgan fingerprint density at radius 1 is 1.05 bits per heavy atom. The van der Waals surface area contributed by atoms with Gasteiger partial charge in [0.25, 0.3) is 0 Å². The molecule has 0 bridgehead atoms. The van der Waals surface area contributed by atoms with Crippen LogP contribution >= 0.6 is 0 Å². The molecule has 0 aromatic heterocycles. The lowest BCUT2D eigenvalue weighted by Gasteiger charge is -2.33. The second-order valence-electron chi connectivity index (χ2n) is 5.65. The highest BCUT2D eigenvalue weighted by molar-refractivity contribution is 5.97. The zero-order valence-corrected chi connectivity index (χ0v) is 10.8. The van der Waals surface area contributed by atoms with Gasteiger partial charge in [-0.25, -0.2) is 0 Å². The number of allylic oxidation sites excluding steroid dienone is 1. The van der Waals surface area contributed by atoms with E-state index >= 15 is 0 Å². The average molecular weight is 248 g/mol. The third-order valence-corrected chi connectivity index (χ3v) is 4.59. The summed E-state index contributed by atoms with van der Waals surface area (Å²) in [6.45, 7) is 0. The Balaban J connectivity index is 1.98. The van der Waals surface area contributed by atoms with Crippen molar-refractivity contribution < 1.29 is 4.79 Å². The minimum atomic E-state index is 0.110. The van der Waals surface area contributed by atoms with Crippen LogP contribution in [0, 0.1) is 5.92 Å². The van der Waals surface area contributed by atoms with Crippen LogP contribution in [0.4, 0.5) is 0 Å². The third-order valence-electron chi connectivity index (χ3n) is 4.59. The minimum Gasteiger partial charge on any atom is -0.299 e. The van der Waals surface area contributed by atoms with Crippen molar-refractivity contribution in [3.8, 4) is 0 Å². The van der Waals surface area contributed by atoms with Gasteiger partial charge in [0.05, 0.1) is 0 Å². The first-order chi connectivity index (χ1) is 9.34. The van der Waals surface area contributed by atoms with Crippen LogP contribution in [-0.2, 0) is 4.79 Å². The van der Waals surface area contributed by atoms with E-state index in [-0.39, 0.29) is 5.92 Å². The Kier molecular flexibility index (Phi) is 2.34. The molecule has 0 radical (unpaired) electrons. The molecule has 0 saturated heterocycles. The SMILES string of the molecule is O=C1CCCC2C=Cc3c(ccc4ccccc34)C12. The fourth-order valence-electron chi connectivity index (χ4n) is 3.67. The van der Waals surface area contributed by atoms with Gasteiger partial charge in [-0.05, 0) is 40.7 Å². The summed E-state index contributed by atoms with van der Waals surface area (Å²) < 4.78 is 0. The van der Waals surface area contributed by atoms with E-state index in [9.17, 15) is 4.79 Å². The van der Waals surface area contributed by atoms with Crippen LogP contribution in [0.1, 0.15) is 36.3 Å². The van der Waals surface area contributed by atoms with Crippen molar-refractivity contribution in [1.82, 2.24) is 0 Å². The summed E-state index contributed by atoms with van der Waals surface area (Å²) in [6, 6.07) is 12.8. The summed E-state index contributed by atoms with van der Waals surface area (Å²) in [4.78, 5) is 12.3. The zero-order valence-electron chi connectivity index (χ0n) is 10.8. The largest absolute Gasteiger partial charge is 0.299 e. The van der Waals surface area contributed by atoms with Crippen LogP contribution in [-0.4, -0.2) is 5.78 Å². The van der Waals surface area contributed by atoms with Gasteiger partial charge in [-0.15, -0.1) is 0 Å². The van der Waals surface area contributed by atoms with Gasteiger partial charge < -0.3 is 0 Å². The van der Waals surface area contributed by atoms with Crippen molar-refractivity contribution in [3.05, 3.63) is 53.6 Å². The number of carbonyl (C=O) groups excluding carboxylic acids is 1. The molecule has 1 nitrogen and oxygen atoms in total. The van der Waals surface area contributed by atoms with E-state index < -0.39 is 0 Å². The molecule has 0 amide bonds. The van der Waals surface area contributed by atoms with Crippen molar-refractivity contribution in [3.63, 3.8) is 0 Å². The number of Topliss-reactive ketones (excluding diaryl/α,β-unsaturated/α-hetero) is 1. The molecule has 2 aromatic rings. The summed E-state index contributed by atoms with van der Waals surface area (Å²) in [5.74, 6) is 0.963. The maximum Gasteiger partial charge on any atom is 0.140 e. The highest BCUT2D eigenvalue weighted by Gasteiger charge is 2.34. The summed E-state index contributed by atoms with van der Waals surface area (Å²) >= 11 is 0. The van der Waals surface area contributed by atoms with Crippen molar-refractivity contribution in [2.75, 3.05) is 0 Å². The molecule has 94 valence electrons. The highest BCUT2D eigenvalue weighted by Crippen LogP contribution is 2.43. The lowest BCUT2D eigenvalue weighted by Crippen LogP contribution is -2.27. The Morgan fingerprint density at radius 2 is 1.95 bits per heavy atom. The first kappa shape index (κ1) is 11.0. The summed E-state index contributed by atoms with van der Waals surface area (Å²) in [5, 5.41) is 2.53. The third kappa shape index (κ3) is 1.58. The smallest absolute Gasteiger partial charge is 0.140 e. The van der Waals surface area contributed by atoms with E-state index in [1.54, 1.807) is 0 Å². The predicted octanol–water partition coefficient (Wildman–Crippen LogP) is 4.32. The number of rotatable bonds is 0. The van der Waals surface area contributed by atoms with Gasteiger partial charge in [-0.2, -0.15) is 0 Å². The van der Waals surface area contributed by atoms with E-state index in [2.05, 4.69) is 48.6 Å². The van der Waals surface area contributed by atoms with Crippen molar-refractivity contribution in [1.29, 1.82) is 0 Å². The monoisotopic (exact) mass is 248 g/mol. The number of hydrogen-bond donors (Lipinski definition) is 0. The fraction of sp³-hybridized carbons (Fsp3) is 0.278. The zero-order chi connectivity index (χ0) is 12.8. The maximum absolute atomic E-state index is 12.3. The van der Waals surface area contributed by atoms with Crippen LogP contribution in [0.25, 0.3) is 16.8 Å². The number of benzene rings is 2. The summed E-state index contributed by atoms with van der Waals surface area (Å²) in [6.07, 6.45) is 7.45. The molecule has 2 aliphatic rings. The molecule has 19 heavy (non-hydrogen) atoms. The Labute approximate surface area is 112 Å². The summed E-state index contributed by atoms with van der Waals surface area (Å²) in [5.41, 5.74) is 2.51. The molecule has 0 N–H and O–H groups in total. The van der Waals surface area contributed by atoms with E-state index in [0.717, 1.165) is 19.3 Å². The van der Waals surface area contributed by atoms with Gasteiger partial charge >= 0.3 is 0 Å². The van der Waals surface area contributed by atoms with Crippen LogP contribution < -0.4 is 0 Å². The molecule has 2 aliphatic carbocycles. The molecular formula is C18H16O. The molecule has 1 saturated carbocycles. The molecular weight excluding hydrogens is 232 g/mol. The van der Waals surface area contributed by atoms with E-state index in [0.29, 0.717) is 11.7 Å². The lowest BCUT2D eigenvalue weighted by atomic mass is 9.70. The van der Waals surface area contributed by atoms with E-state index in [1.807, 2.05) is 0 Å². The molecule has 0 spiro atoms.